The summed E-state index contributed by atoms with van der Waals surface area (Å²) in [5.74, 6) is 0. The van der Waals surface area contributed by atoms with Gasteiger partial charge in [0, 0.05) is 6.04 Å². The maximum atomic E-state index is 11.1. The van der Waals surface area contributed by atoms with Crippen LogP contribution in [0.3, 0.4) is 0 Å². The van der Waals surface area contributed by atoms with E-state index in [2.05, 4.69) is 0 Å². The largest absolute Gasteiger partial charge is 0.395 e. The SMILES string of the molecule is CC(C)(C)OC(C=O)N1C(C=O)CCC1CO. The molecule has 5 heteroatoms. The Labute approximate surface area is 102 Å². The lowest BCUT2D eigenvalue weighted by Gasteiger charge is -2.35. The molecule has 1 N–H and O–H groups in total. The summed E-state index contributed by atoms with van der Waals surface area (Å²) in [5, 5.41) is 9.26. The highest BCUT2D eigenvalue weighted by Crippen LogP contribution is 2.27. The summed E-state index contributed by atoms with van der Waals surface area (Å²) in [6, 6.07) is -0.521. The molecule has 0 aromatic carbocycles. The number of aliphatic hydroxyl groups excluding tert-OH is 1. The molecule has 1 heterocycles. The van der Waals surface area contributed by atoms with E-state index in [1.54, 1.807) is 4.90 Å². The number of aliphatic hydroxyl groups is 1. The standard InChI is InChI=1S/C12H21NO4/c1-12(2,3)17-11(8-16)13-9(6-14)4-5-10(13)7-15/h6,8-11,15H,4-5,7H2,1-3H3. The molecule has 1 fully saturated rings. The Morgan fingerprint density at radius 1 is 1.41 bits per heavy atom. The van der Waals surface area contributed by atoms with Crippen LogP contribution in [-0.2, 0) is 14.3 Å². The summed E-state index contributed by atoms with van der Waals surface area (Å²) in [6.07, 6.45) is 2.10. The third-order valence-corrected chi connectivity index (χ3v) is 2.85. The van der Waals surface area contributed by atoms with Crippen LogP contribution < -0.4 is 0 Å². The number of aldehydes is 2. The molecule has 0 aromatic heterocycles. The first kappa shape index (κ1) is 14.3. The number of nitrogens with zero attached hydrogens (tertiary/aromatic N) is 1. The fraction of sp³-hybridized carbons (Fsp3) is 0.833. The molecule has 3 unspecified atom stereocenters. The molecule has 1 aliphatic heterocycles. The van der Waals surface area contributed by atoms with Crippen LogP contribution in [-0.4, -0.2) is 53.1 Å². The van der Waals surface area contributed by atoms with E-state index in [1.165, 1.54) is 0 Å². The van der Waals surface area contributed by atoms with Crippen molar-refractivity contribution in [3.8, 4) is 0 Å². The first-order valence-corrected chi connectivity index (χ1v) is 5.89. The topological polar surface area (TPSA) is 66.8 Å². The highest BCUT2D eigenvalue weighted by atomic mass is 16.5. The van der Waals surface area contributed by atoms with Gasteiger partial charge in [-0.2, -0.15) is 0 Å². The van der Waals surface area contributed by atoms with Gasteiger partial charge in [-0.15, -0.1) is 0 Å². The van der Waals surface area contributed by atoms with Gasteiger partial charge in [0.25, 0.3) is 0 Å². The van der Waals surface area contributed by atoms with Crippen molar-refractivity contribution in [2.24, 2.45) is 0 Å². The van der Waals surface area contributed by atoms with E-state index in [9.17, 15) is 14.7 Å². The van der Waals surface area contributed by atoms with Crippen LogP contribution in [0.1, 0.15) is 33.6 Å². The fourth-order valence-electron chi connectivity index (χ4n) is 2.17. The second-order valence-corrected chi connectivity index (χ2v) is 5.32. The van der Waals surface area contributed by atoms with Gasteiger partial charge in [-0.25, -0.2) is 0 Å². The fourth-order valence-corrected chi connectivity index (χ4v) is 2.17. The van der Waals surface area contributed by atoms with Crippen LogP contribution >= 0.6 is 0 Å². The molecular weight excluding hydrogens is 222 g/mol. The smallest absolute Gasteiger partial charge is 0.168 e. The Hall–Kier alpha value is -0.780. The van der Waals surface area contributed by atoms with Gasteiger partial charge in [-0.1, -0.05) is 0 Å². The van der Waals surface area contributed by atoms with E-state index in [-0.39, 0.29) is 18.7 Å². The number of likely N-dealkylation sites (tertiary alicyclic amines) is 1. The van der Waals surface area contributed by atoms with Gasteiger partial charge in [-0.3, -0.25) is 9.69 Å². The Bertz CT molecular complexity index is 274. The molecule has 1 saturated heterocycles. The Morgan fingerprint density at radius 3 is 2.47 bits per heavy atom. The molecule has 5 nitrogen and oxygen atoms in total. The van der Waals surface area contributed by atoms with Crippen molar-refractivity contribution in [3.63, 3.8) is 0 Å². The first-order valence-electron chi connectivity index (χ1n) is 5.89. The quantitative estimate of drug-likeness (QED) is 0.706. The Morgan fingerprint density at radius 2 is 2.06 bits per heavy atom. The predicted molar refractivity (Wildman–Crippen MR) is 62.5 cm³/mol. The molecule has 0 radical (unpaired) electrons. The average Bonchev–Trinajstić information content (AvgIpc) is 2.67. The summed E-state index contributed by atoms with van der Waals surface area (Å²) in [6.45, 7) is 5.48. The minimum atomic E-state index is -0.773. The number of rotatable bonds is 5. The highest BCUT2D eigenvalue weighted by Gasteiger charge is 2.39. The number of carbonyl (C=O) groups is 2. The van der Waals surface area contributed by atoms with Gasteiger partial charge in [0.05, 0.1) is 18.2 Å². The summed E-state index contributed by atoms with van der Waals surface area (Å²) >= 11 is 0. The maximum Gasteiger partial charge on any atom is 0.168 e. The summed E-state index contributed by atoms with van der Waals surface area (Å²) < 4.78 is 5.62. The van der Waals surface area contributed by atoms with Gasteiger partial charge in [0.15, 0.2) is 12.5 Å². The number of ether oxygens (including phenoxy) is 1. The lowest BCUT2D eigenvalue weighted by atomic mass is 10.2. The maximum absolute atomic E-state index is 11.1. The molecule has 98 valence electrons. The second kappa shape index (κ2) is 5.71. The average molecular weight is 243 g/mol. The van der Waals surface area contributed by atoms with Crippen LogP contribution in [0.5, 0.6) is 0 Å². The van der Waals surface area contributed by atoms with E-state index in [0.29, 0.717) is 19.1 Å². The molecule has 0 aromatic rings. The van der Waals surface area contributed by atoms with Crippen LogP contribution in [0.15, 0.2) is 0 Å². The first-order chi connectivity index (χ1) is 7.92. The molecule has 1 aliphatic rings. The van der Waals surface area contributed by atoms with Crippen LogP contribution in [0.25, 0.3) is 0 Å². The van der Waals surface area contributed by atoms with Gasteiger partial charge < -0.3 is 14.6 Å². The predicted octanol–water partition coefficient (Wildman–Crippen LogP) is 0.351. The van der Waals surface area contributed by atoms with Crippen molar-refractivity contribution < 1.29 is 19.4 Å². The van der Waals surface area contributed by atoms with Crippen LogP contribution in [0.2, 0.25) is 0 Å². The molecule has 0 aliphatic carbocycles. The zero-order chi connectivity index (χ0) is 13.1. The summed E-state index contributed by atoms with van der Waals surface area (Å²) in [7, 11) is 0. The molecule has 0 amide bonds. The van der Waals surface area contributed by atoms with Gasteiger partial charge in [0.2, 0.25) is 0 Å². The van der Waals surface area contributed by atoms with E-state index in [4.69, 9.17) is 4.74 Å². The van der Waals surface area contributed by atoms with Crippen molar-refractivity contribution in [2.45, 2.75) is 57.5 Å². The molecule has 0 bridgehead atoms. The summed E-state index contributed by atoms with van der Waals surface area (Å²) in [5.41, 5.74) is -0.471. The van der Waals surface area contributed by atoms with Gasteiger partial charge >= 0.3 is 0 Å². The van der Waals surface area contributed by atoms with E-state index in [1.807, 2.05) is 20.8 Å². The number of hydrogen-bond donors (Lipinski definition) is 1. The van der Waals surface area contributed by atoms with Crippen molar-refractivity contribution >= 4 is 12.6 Å². The highest BCUT2D eigenvalue weighted by molar-refractivity contribution is 5.62. The third kappa shape index (κ3) is 3.59. The molecular formula is C12H21NO4. The minimum absolute atomic E-state index is 0.0673. The van der Waals surface area contributed by atoms with Gasteiger partial charge in [0.1, 0.15) is 6.29 Å². The molecule has 0 saturated carbocycles. The van der Waals surface area contributed by atoms with Gasteiger partial charge in [-0.05, 0) is 33.6 Å². The number of hydrogen-bond acceptors (Lipinski definition) is 5. The van der Waals surface area contributed by atoms with Crippen LogP contribution in [0.4, 0.5) is 0 Å². The van der Waals surface area contributed by atoms with Crippen molar-refractivity contribution in [2.75, 3.05) is 6.61 Å². The van der Waals surface area contributed by atoms with E-state index < -0.39 is 11.8 Å². The second-order valence-electron chi connectivity index (χ2n) is 5.32. The molecule has 1 rings (SSSR count). The number of carbonyl (C=O) groups excluding carboxylic acids is 2. The molecule has 3 atom stereocenters. The van der Waals surface area contributed by atoms with Crippen molar-refractivity contribution in [1.29, 1.82) is 0 Å². The third-order valence-electron chi connectivity index (χ3n) is 2.85. The van der Waals surface area contributed by atoms with Crippen LogP contribution in [0, 0.1) is 0 Å². The zero-order valence-electron chi connectivity index (χ0n) is 10.6. The lowest BCUT2D eigenvalue weighted by molar-refractivity contribution is -0.162. The van der Waals surface area contributed by atoms with Crippen molar-refractivity contribution in [1.82, 2.24) is 4.90 Å². The van der Waals surface area contributed by atoms with E-state index in [0.717, 1.165) is 6.29 Å². The lowest BCUT2D eigenvalue weighted by Crippen LogP contribution is -2.50. The van der Waals surface area contributed by atoms with Crippen molar-refractivity contribution in [3.05, 3.63) is 0 Å². The molecule has 0 spiro atoms. The zero-order valence-corrected chi connectivity index (χ0v) is 10.6. The van der Waals surface area contributed by atoms with E-state index >= 15 is 0 Å². The minimum Gasteiger partial charge on any atom is -0.395 e. The Kier molecular flexibility index (Phi) is 4.80. The monoisotopic (exact) mass is 243 g/mol. The Balaban J connectivity index is 2.83. The normalized spacial score (nSPS) is 28.0. The molecule has 17 heavy (non-hydrogen) atoms. The summed E-state index contributed by atoms with van der Waals surface area (Å²) in [4.78, 5) is 23.8.